The zero-order chi connectivity index (χ0) is 7.98. The smallest absolute Gasteiger partial charge is 0.0236 e. The minimum atomic E-state index is 0.745. The molecule has 0 nitrogen and oxygen atoms in total. The summed E-state index contributed by atoms with van der Waals surface area (Å²) in [5.74, 6) is 1.61. The zero-order valence-electron chi connectivity index (χ0n) is 7.56. The molecule has 0 fully saturated rings. The quantitative estimate of drug-likeness (QED) is 0.511. The molecule has 0 heteroatoms. The average Bonchev–Trinajstić information content (AvgIpc) is 1.99. The lowest BCUT2D eigenvalue weighted by Gasteiger charge is -2.13. The summed E-state index contributed by atoms with van der Waals surface area (Å²) in [6, 6.07) is 0. The molecule has 2 atom stereocenters. The van der Waals surface area contributed by atoms with E-state index in [2.05, 4.69) is 33.4 Å². The van der Waals surface area contributed by atoms with E-state index in [0.29, 0.717) is 0 Å². The van der Waals surface area contributed by atoms with E-state index in [0.717, 1.165) is 11.8 Å². The van der Waals surface area contributed by atoms with E-state index >= 15 is 0 Å². The van der Waals surface area contributed by atoms with Gasteiger partial charge < -0.3 is 0 Å². The Kier molecular flexibility index (Phi) is 5.38. The van der Waals surface area contributed by atoms with Crippen LogP contribution in [-0.2, 0) is 0 Å². The van der Waals surface area contributed by atoms with Crippen LogP contribution >= 0.6 is 0 Å². The molecule has 0 heterocycles. The van der Waals surface area contributed by atoms with Crippen LogP contribution in [0.5, 0.6) is 0 Å². The van der Waals surface area contributed by atoms with Crippen LogP contribution < -0.4 is 0 Å². The van der Waals surface area contributed by atoms with Crippen LogP contribution in [0.2, 0.25) is 0 Å². The van der Waals surface area contributed by atoms with Gasteiger partial charge in [-0.1, -0.05) is 33.3 Å². The van der Waals surface area contributed by atoms with Crippen LogP contribution in [0.3, 0.4) is 0 Å². The van der Waals surface area contributed by atoms with Gasteiger partial charge in [0.25, 0.3) is 0 Å². The van der Waals surface area contributed by atoms with E-state index in [9.17, 15) is 0 Å². The fourth-order valence-corrected chi connectivity index (χ4v) is 1.11. The van der Waals surface area contributed by atoms with Crippen molar-refractivity contribution in [2.45, 2.75) is 40.0 Å². The number of rotatable bonds is 5. The second-order valence-corrected chi connectivity index (χ2v) is 3.15. The summed E-state index contributed by atoms with van der Waals surface area (Å²) in [4.78, 5) is 0. The first-order valence-corrected chi connectivity index (χ1v) is 4.37. The maximum absolute atomic E-state index is 3.82. The van der Waals surface area contributed by atoms with Gasteiger partial charge in [0.2, 0.25) is 0 Å². The second-order valence-electron chi connectivity index (χ2n) is 3.15. The fourth-order valence-electron chi connectivity index (χ4n) is 1.11. The van der Waals surface area contributed by atoms with Crippen molar-refractivity contribution in [2.24, 2.45) is 11.8 Å². The molecule has 1 unspecified atom stereocenters. The lowest BCUT2D eigenvalue weighted by Crippen LogP contribution is -2.01. The van der Waals surface area contributed by atoms with E-state index < -0.39 is 0 Å². The summed E-state index contributed by atoms with van der Waals surface area (Å²) in [6.07, 6.45) is 5.95. The van der Waals surface area contributed by atoms with Crippen molar-refractivity contribution in [3.8, 4) is 0 Å². The van der Waals surface area contributed by atoms with Crippen molar-refractivity contribution < 1.29 is 0 Å². The van der Waals surface area contributed by atoms with Gasteiger partial charge in [0.15, 0.2) is 0 Å². The molecular formula is C10H20. The largest absolute Gasteiger partial charge is 0.103 e. The van der Waals surface area contributed by atoms with Gasteiger partial charge in [-0.2, -0.15) is 0 Å². The third-order valence-corrected chi connectivity index (χ3v) is 2.26. The van der Waals surface area contributed by atoms with E-state index in [1.807, 2.05) is 0 Å². The third-order valence-electron chi connectivity index (χ3n) is 2.26. The summed E-state index contributed by atoms with van der Waals surface area (Å²) in [6.45, 7) is 10.6. The summed E-state index contributed by atoms with van der Waals surface area (Å²) < 4.78 is 0. The van der Waals surface area contributed by atoms with Gasteiger partial charge in [-0.25, -0.2) is 0 Å². The first-order valence-electron chi connectivity index (χ1n) is 4.37. The summed E-state index contributed by atoms with van der Waals surface area (Å²) >= 11 is 0. The van der Waals surface area contributed by atoms with E-state index in [-0.39, 0.29) is 0 Å². The molecule has 0 aromatic rings. The van der Waals surface area contributed by atoms with Gasteiger partial charge in [0.1, 0.15) is 0 Å². The van der Waals surface area contributed by atoms with Gasteiger partial charge in [-0.3, -0.25) is 0 Å². The van der Waals surface area contributed by atoms with Crippen molar-refractivity contribution in [1.29, 1.82) is 0 Å². The topological polar surface area (TPSA) is 0 Å². The molecule has 60 valence electrons. The van der Waals surface area contributed by atoms with Crippen LogP contribution in [0.4, 0.5) is 0 Å². The molecule has 0 saturated heterocycles. The van der Waals surface area contributed by atoms with Crippen molar-refractivity contribution in [3.63, 3.8) is 0 Å². The maximum Gasteiger partial charge on any atom is -0.0236 e. The van der Waals surface area contributed by atoms with Crippen molar-refractivity contribution in [2.75, 3.05) is 0 Å². The minimum absolute atomic E-state index is 0.745. The summed E-state index contributed by atoms with van der Waals surface area (Å²) in [5.41, 5.74) is 0. The molecule has 0 aliphatic rings. The van der Waals surface area contributed by atoms with Gasteiger partial charge in [-0.15, -0.1) is 6.58 Å². The Balaban J connectivity index is 3.51. The number of hydrogen-bond donors (Lipinski definition) is 0. The molecule has 0 rings (SSSR count). The molecule has 0 spiro atoms. The van der Waals surface area contributed by atoms with Crippen molar-refractivity contribution >= 4 is 0 Å². The Hall–Kier alpha value is -0.260. The highest BCUT2D eigenvalue weighted by Gasteiger charge is 2.05. The normalized spacial score (nSPS) is 16.3. The predicted octanol–water partition coefficient (Wildman–Crippen LogP) is 3.63. The molecule has 0 radical (unpaired) electrons. The molecule has 0 aromatic heterocycles. The highest BCUT2D eigenvalue weighted by atomic mass is 14.1. The highest BCUT2D eigenvalue weighted by Crippen LogP contribution is 2.18. The molecule has 0 N–H and O–H groups in total. The van der Waals surface area contributed by atoms with E-state index in [1.165, 1.54) is 19.3 Å². The van der Waals surface area contributed by atoms with Gasteiger partial charge >= 0.3 is 0 Å². The first-order chi connectivity index (χ1) is 4.74. The molecule has 0 bridgehead atoms. The Morgan fingerprint density at radius 3 is 2.20 bits per heavy atom. The molecule has 0 aliphatic carbocycles. The van der Waals surface area contributed by atoms with Crippen LogP contribution in [0, 0.1) is 11.8 Å². The fraction of sp³-hybridized carbons (Fsp3) is 0.800. The van der Waals surface area contributed by atoms with Gasteiger partial charge in [-0.05, 0) is 24.7 Å². The summed E-state index contributed by atoms with van der Waals surface area (Å²) in [7, 11) is 0. The minimum Gasteiger partial charge on any atom is -0.103 e. The van der Waals surface area contributed by atoms with Gasteiger partial charge in [0, 0.05) is 0 Å². The maximum atomic E-state index is 3.82. The molecule has 0 saturated carbocycles. The Morgan fingerprint density at radius 2 is 1.90 bits per heavy atom. The SMILES string of the molecule is C=CC(CC)C[C@H](C)CC. The lowest BCUT2D eigenvalue weighted by molar-refractivity contribution is 0.427. The van der Waals surface area contributed by atoms with Crippen LogP contribution in [0.25, 0.3) is 0 Å². The average molecular weight is 140 g/mol. The number of allylic oxidation sites excluding steroid dienone is 1. The van der Waals surface area contributed by atoms with E-state index in [4.69, 9.17) is 0 Å². The number of hydrogen-bond acceptors (Lipinski definition) is 0. The standard InChI is InChI=1S/C10H20/c1-5-9(4)8-10(6-2)7-3/h6,9-10H,2,5,7-8H2,1,3-4H3/t9-,10?/m1/s1. The summed E-state index contributed by atoms with van der Waals surface area (Å²) in [5, 5.41) is 0. The van der Waals surface area contributed by atoms with Crippen LogP contribution in [-0.4, -0.2) is 0 Å². The molecule has 0 amide bonds. The second kappa shape index (κ2) is 5.52. The van der Waals surface area contributed by atoms with Crippen LogP contribution in [0.15, 0.2) is 12.7 Å². The predicted molar refractivity (Wildman–Crippen MR) is 48.1 cm³/mol. The first kappa shape index (κ1) is 9.74. The lowest BCUT2D eigenvalue weighted by atomic mass is 9.92. The van der Waals surface area contributed by atoms with Crippen molar-refractivity contribution in [1.82, 2.24) is 0 Å². The van der Waals surface area contributed by atoms with Crippen molar-refractivity contribution in [3.05, 3.63) is 12.7 Å². The zero-order valence-corrected chi connectivity index (χ0v) is 7.56. The van der Waals surface area contributed by atoms with Gasteiger partial charge in [0.05, 0.1) is 0 Å². The van der Waals surface area contributed by atoms with Crippen LogP contribution in [0.1, 0.15) is 40.0 Å². The Labute approximate surface area is 65.3 Å². The molecule has 0 aromatic carbocycles. The monoisotopic (exact) mass is 140 g/mol. The molecular weight excluding hydrogens is 120 g/mol. The van der Waals surface area contributed by atoms with E-state index in [1.54, 1.807) is 0 Å². The third kappa shape index (κ3) is 3.71. The highest BCUT2D eigenvalue weighted by molar-refractivity contribution is 4.78. The Bertz CT molecular complexity index is 84.0. The Morgan fingerprint density at radius 1 is 1.30 bits per heavy atom. The molecule has 10 heavy (non-hydrogen) atoms. The molecule has 0 aliphatic heterocycles.